The van der Waals surface area contributed by atoms with Crippen molar-refractivity contribution in [1.29, 1.82) is 0 Å². The van der Waals surface area contributed by atoms with Gasteiger partial charge >= 0.3 is 8.80 Å². The van der Waals surface area contributed by atoms with E-state index in [2.05, 4.69) is 19.7 Å². The van der Waals surface area contributed by atoms with E-state index in [9.17, 15) is 0 Å². The molecular formula is C20H39NO3Si. The van der Waals surface area contributed by atoms with Crippen LogP contribution in [0.3, 0.4) is 0 Å². The third-order valence-electron chi connectivity index (χ3n) is 4.38. The maximum Gasteiger partial charge on any atom is 0.501 e. The first kappa shape index (κ1) is 24.3. The van der Waals surface area contributed by atoms with E-state index < -0.39 is 8.80 Å². The SMILES string of the molecule is C=CCC(CC=C)(CC=C)CC[Si](OCC)(OCC)OC(C)CCN. The van der Waals surface area contributed by atoms with Crippen molar-refractivity contribution in [2.45, 2.75) is 65.0 Å². The zero-order chi connectivity index (χ0) is 19.2. The van der Waals surface area contributed by atoms with Crippen molar-refractivity contribution < 1.29 is 13.3 Å². The fourth-order valence-corrected chi connectivity index (χ4v) is 6.32. The van der Waals surface area contributed by atoms with Gasteiger partial charge in [-0.15, -0.1) is 19.7 Å². The number of rotatable bonds is 17. The first-order valence-corrected chi connectivity index (χ1v) is 11.4. The Morgan fingerprint density at radius 2 is 1.48 bits per heavy atom. The van der Waals surface area contributed by atoms with Gasteiger partial charge < -0.3 is 19.0 Å². The van der Waals surface area contributed by atoms with Gasteiger partial charge in [0, 0.05) is 25.4 Å². The molecule has 0 saturated carbocycles. The second kappa shape index (κ2) is 13.5. The first-order valence-electron chi connectivity index (χ1n) is 9.45. The van der Waals surface area contributed by atoms with Gasteiger partial charge in [-0.25, -0.2) is 0 Å². The third kappa shape index (κ3) is 8.97. The van der Waals surface area contributed by atoms with Gasteiger partial charge in [-0.3, -0.25) is 0 Å². The van der Waals surface area contributed by atoms with Crippen LogP contribution in [0.4, 0.5) is 0 Å². The van der Waals surface area contributed by atoms with Crippen LogP contribution in [0, 0.1) is 5.41 Å². The number of allylic oxidation sites excluding steroid dienone is 3. The minimum Gasteiger partial charge on any atom is -0.374 e. The molecule has 5 heteroatoms. The van der Waals surface area contributed by atoms with Gasteiger partial charge in [0.05, 0.1) is 0 Å². The summed E-state index contributed by atoms with van der Waals surface area (Å²) in [5, 5.41) is 0. The Bertz CT molecular complexity index is 355. The molecule has 4 nitrogen and oxygen atoms in total. The molecule has 0 saturated heterocycles. The van der Waals surface area contributed by atoms with Gasteiger partial charge in [0.15, 0.2) is 0 Å². The zero-order valence-corrected chi connectivity index (χ0v) is 17.6. The fourth-order valence-electron chi connectivity index (χ4n) is 3.25. The molecular weight excluding hydrogens is 330 g/mol. The third-order valence-corrected chi connectivity index (χ3v) is 7.46. The predicted octanol–water partition coefficient (Wildman–Crippen LogP) is 4.86. The molecule has 0 aromatic carbocycles. The van der Waals surface area contributed by atoms with Crippen molar-refractivity contribution in [2.24, 2.45) is 11.1 Å². The summed E-state index contributed by atoms with van der Waals surface area (Å²) in [7, 11) is -2.75. The van der Waals surface area contributed by atoms with Gasteiger partial charge in [0.2, 0.25) is 0 Å². The largest absolute Gasteiger partial charge is 0.501 e. The molecule has 0 aromatic rings. The molecule has 1 atom stereocenters. The molecule has 25 heavy (non-hydrogen) atoms. The molecule has 2 N–H and O–H groups in total. The highest BCUT2D eigenvalue weighted by Gasteiger charge is 2.44. The van der Waals surface area contributed by atoms with Crippen molar-refractivity contribution in [3.05, 3.63) is 38.0 Å². The summed E-state index contributed by atoms with van der Waals surface area (Å²) in [4.78, 5) is 0. The van der Waals surface area contributed by atoms with Crippen LogP contribution < -0.4 is 5.73 Å². The second-order valence-corrected chi connectivity index (χ2v) is 9.21. The summed E-state index contributed by atoms with van der Waals surface area (Å²) in [5.74, 6) is 0. The summed E-state index contributed by atoms with van der Waals surface area (Å²) >= 11 is 0. The van der Waals surface area contributed by atoms with Crippen LogP contribution in [-0.2, 0) is 13.3 Å². The van der Waals surface area contributed by atoms with E-state index in [1.807, 2.05) is 39.0 Å². The maximum atomic E-state index is 6.33. The van der Waals surface area contributed by atoms with Crippen LogP contribution in [0.5, 0.6) is 0 Å². The standard InChI is InChI=1S/C20H39NO3Si/c1-7-13-20(14-8-2,15-9-3)16-18-25(22-10-4,23-11-5)24-19(6)12-17-21/h7-9,19H,1-3,10-18,21H2,4-6H3. The number of hydrogen-bond donors (Lipinski definition) is 1. The highest BCUT2D eigenvalue weighted by Crippen LogP contribution is 2.40. The Labute approximate surface area is 156 Å². The first-order chi connectivity index (χ1) is 12.0. The average molecular weight is 370 g/mol. The van der Waals surface area contributed by atoms with E-state index in [-0.39, 0.29) is 11.5 Å². The Hall–Kier alpha value is -0.723. The van der Waals surface area contributed by atoms with Crippen LogP contribution in [0.1, 0.15) is 52.9 Å². The van der Waals surface area contributed by atoms with Crippen LogP contribution in [0.15, 0.2) is 38.0 Å². The summed E-state index contributed by atoms with van der Waals surface area (Å²) in [6, 6.07) is 0.777. The van der Waals surface area contributed by atoms with Crippen LogP contribution in [0.2, 0.25) is 6.04 Å². The Morgan fingerprint density at radius 1 is 1.00 bits per heavy atom. The second-order valence-electron chi connectivity index (χ2n) is 6.53. The van der Waals surface area contributed by atoms with E-state index in [0.29, 0.717) is 19.8 Å². The molecule has 0 spiro atoms. The Kier molecular flexibility index (Phi) is 13.1. The normalized spacial score (nSPS) is 13.4. The summed E-state index contributed by atoms with van der Waals surface area (Å²) in [5.41, 5.74) is 5.73. The lowest BCUT2D eigenvalue weighted by Gasteiger charge is -2.37. The lowest BCUT2D eigenvalue weighted by molar-refractivity contribution is 0.0330. The molecule has 0 heterocycles. The van der Waals surface area contributed by atoms with E-state index >= 15 is 0 Å². The van der Waals surface area contributed by atoms with E-state index in [1.54, 1.807) is 0 Å². The quantitative estimate of drug-likeness (QED) is 0.294. The summed E-state index contributed by atoms with van der Waals surface area (Å²) in [6.07, 6.45) is 10.4. The smallest absolute Gasteiger partial charge is 0.374 e. The van der Waals surface area contributed by atoms with Crippen molar-refractivity contribution in [1.82, 2.24) is 0 Å². The molecule has 0 fully saturated rings. The molecule has 0 radical (unpaired) electrons. The molecule has 1 unspecified atom stereocenters. The molecule has 0 bridgehead atoms. The lowest BCUT2D eigenvalue weighted by Crippen LogP contribution is -2.49. The summed E-state index contributed by atoms with van der Waals surface area (Å²) < 4.78 is 18.5. The summed E-state index contributed by atoms with van der Waals surface area (Å²) in [6.45, 7) is 19.6. The molecule has 0 aliphatic carbocycles. The predicted molar refractivity (Wildman–Crippen MR) is 110 cm³/mol. The van der Waals surface area contributed by atoms with Gasteiger partial charge in [0.1, 0.15) is 0 Å². The zero-order valence-electron chi connectivity index (χ0n) is 16.6. The van der Waals surface area contributed by atoms with E-state index in [4.69, 9.17) is 19.0 Å². The lowest BCUT2D eigenvalue weighted by atomic mass is 9.76. The fraction of sp³-hybridized carbons (Fsp3) is 0.700. The minimum absolute atomic E-state index is 0.0300. The topological polar surface area (TPSA) is 53.7 Å². The molecule has 146 valence electrons. The van der Waals surface area contributed by atoms with Crippen LogP contribution in [0.25, 0.3) is 0 Å². The monoisotopic (exact) mass is 369 g/mol. The van der Waals surface area contributed by atoms with E-state index in [0.717, 1.165) is 38.1 Å². The molecule has 0 rings (SSSR count). The van der Waals surface area contributed by atoms with Crippen molar-refractivity contribution >= 4 is 8.80 Å². The van der Waals surface area contributed by atoms with Gasteiger partial charge in [-0.2, -0.15) is 0 Å². The van der Waals surface area contributed by atoms with Gasteiger partial charge in [0.25, 0.3) is 0 Å². The minimum atomic E-state index is -2.75. The molecule has 0 aliphatic rings. The van der Waals surface area contributed by atoms with Crippen LogP contribution in [-0.4, -0.2) is 34.7 Å². The highest BCUT2D eigenvalue weighted by molar-refractivity contribution is 6.60. The number of nitrogens with two attached hydrogens (primary N) is 1. The van der Waals surface area contributed by atoms with Gasteiger partial charge in [-0.1, -0.05) is 18.2 Å². The Balaban J connectivity index is 5.37. The van der Waals surface area contributed by atoms with Crippen molar-refractivity contribution in [3.8, 4) is 0 Å². The molecule has 0 aromatic heterocycles. The Morgan fingerprint density at radius 3 is 1.84 bits per heavy atom. The maximum absolute atomic E-state index is 6.33. The van der Waals surface area contributed by atoms with Crippen molar-refractivity contribution in [2.75, 3.05) is 19.8 Å². The highest BCUT2D eigenvalue weighted by atomic mass is 28.4. The average Bonchev–Trinajstić information content (AvgIpc) is 2.54. The van der Waals surface area contributed by atoms with E-state index in [1.165, 1.54) is 0 Å². The number of hydrogen-bond acceptors (Lipinski definition) is 4. The van der Waals surface area contributed by atoms with Gasteiger partial charge in [-0.05, 0) is 64.8 Å². The van der Waals surface area contributed by atoms with Crippen molar-refractivity contribution in [3.63, 3.8) is 0 Å². The molecule has 0 amide bonds. The van der Waals surface area contributed by atoms with Crippen LogP contribution >= 0.6 is 0 Å². The molecule has 0 aliphatic heterocycles.